The van der Waals surface area contributed by atoms with Gasteiger partial charge in [0.05, 0.1) is 0 Å². The number of amides is 1. The number of nitrogens with zero attached hydrogens (tertiary/aromatic N) is 2. The number of anilines is 1. The Kier molecular flexibility index (Phi) is 4.53. The minimum atomic E-state index is -3.95. The lowest BCUT2D eigenvalue weighted by Gasteiger charge is -2.35. The number of primary sulfonamides is 1. The van der Waals surface area contributed by atoms with E-state index in [9.17, 15) is 13.2 Å². The van der Waals surface area contributed by atoms with Gasteiger partial charge in [-0.15, -0.1) is 0 Å². The molecule has 0 saturated carbocycles. The molecule has 2 N–H and O–H groups in total. The van der Waals surface area contributed by atoms with Gasteiger partial charge in [-0.25, -0.2) is 13.6 Å². The summed E-state index contributed by atoms with van der Waals surface area (Å²) in [4.78, 5) is 16.1. The van der Waals surface area contributed by atoms with Crippen LogP contribution in [0.4, 0.5) is 5.69 Å². The van der Waals surface area contributed by atoms with E-state index in [-0.39, 0.29) is 11.7 Å². The molecule has 1 fully saturated rings. The standard InChI is InChI=1S/C15H16ClN3O4S/c16-11-2-1-3-12(10-11)18-6-8-19(9-7-18)15(20)13-4-5-14(23-13)24(17,21)22/h1-5,10H,6-9H2,(H2,17,21,22). The maximum absolute atomic E-state index is 12.4. The van der Waals surface area contributed by atoms with Crippen LogP contribution in [0, 0.1) is 0 Å². The Balaban J connectivity index is 1.66. The summed E-state index contributed by atoms with van der Waals surface area (Å²) in [6.07, 6.45) is 0. The maximum Gasteiger partial charge on any atom is 0.289 e. The quantitative estimate of drug-likeness (QED) is 0.885. The number of benzene rings is 1. The van der Waals surface area contributed by atoms with E-state index in [1.807, 2.05) is 24.3 Å². The lowest BCUT2D eigenvalue weighted by molar-refractivity contribution is 0.0709. The summed E-state index contributed by atoms with van der Waals surface area (Å²) in [6, 6.07) is 10.0. The van der Waals surface area contributed by atoms with Crippen LogP contribution in [0.2, 0.25) is 5.02 Å². The van der Waals surface area contributed by atoms with E-state index in [2.05, 4.69) is 4.90 Å². The molecule has 0 unspecified atom stereocenters. The molecular weight excluding hydrogens is 354 g/mol. The number of rotatable bonds is 3. The number of piperazine rings is 1. The van der Waals surface area contributed by atoms with Gasteiger partial charge in [-0.3, -0.25) is 4.79 Å². The summed E-state index contributed by atoms with van der Waals surface area (Å²) in [5.74, 6) is -0.383. The first kappa shape index (κ1) is 16.8. The summed E-state index contributed by atoms with van der Waals surface area (Å²) in [5.41, 5.74) is 1.00. The molecule has 0 bridgehead atoms. The third kappa shape index (κ3) is 3.55. The molecular formula is C15H16ClN3O4S. The summed E-state index contributed by atoms with van der Waals surface area (Å²) >= 11 is 6.00. The van der Waals surface area contributed by atoms with E-state index in [0.29, 0.717) is 31.2 Å². The molecule has 1 aromatic carbocycles. The number of carbonyl (C=O) groups excluding carboxylic acids is 1. The Morgan fingerprint density at radius 3 is 2.42 bits per heavy atom. The zero-order valence-corrected chi connectivity index (χ0v) is 14.3. The normalized spacial score (nSPS) is 15.6. The molecule has 128 valence electrons. The van der Waals surface area contributed by atoms with E-state index in [1.165, 1.54) is 12.1 Å². The van der Waals surface area contributed by atoms with Crippen LogP contribution in [-0.4, -0.2) is 45.4 Å². The van der Waals surface area contributed by atoms with Crippen molar-refractivity contribution in [1.82, 2.24) is 4.90 Å². The number of halogens is 1. The van der Waals surface area contributed by atoms with E-state index < -0.39 is 15.1 Å². The number of sulfonamides is 1. The number of nitrogens with two attached hydrogens (primary N) is 1. The van der Waals surface area contributed by atoms with Crippen LogP contribution >= 0.6 is 11.6 Å². The number of hydrogen-bond donors (Lipinski definition) is 1. The van der Waals surface area contributed by atoms with Crippen LogP contribution in [0.3, 0.4) is 0 Å². The second kappa shape index (κ2) is 6.46. The third-order valence-electron chi connectivity index (χ3n) is 3.81. The Labute approximate surface area is 144 Å². The highest BCUT2D eigenvalue weighted by atomic mass is 35.5. The van der Waals surface area contributed by atoms with E-state index in [1.54, 1.807) is 4.90 Å². The number of hydrogen-bond acceptors (Lipinski definition) is 5. The fraction of sp³-hybridized carbons (Fsp3) is 0.267. The van der Waals surface area contributed by atoms with E-state index in [0.717, 1.165) is 5.69 Å². The number of carbonyl (C=O) groups is 1. The van der Waals surface area contributed by atoms with Gasteiger partial charge in [0.2, 0.25) is 5.09 Å². The van der Waals surface area contributed by atoms with Crippen LogP contribution in [0.15, 0.2) is 45.9 Å². The van der Waals surface area contributed by atoms with E-state index in [4.69, 9.17) is 21.2 Å². The third-order valence-corrected chi connectivity index (χ3v) is 4.83. The second-order valence-corrected chi connectivity index (χ2v) is 7.35. The Morgan fingerprint density at radius 1 is 1.12 bits per heavy atom. The predicted octanol–water partition coefficient (Wildman–Crippen LogP) is 1.54. The molecule has 24 heavy (non-hydrogen) atoms. The van der Waals surface area contributed by atoms with Crippen molar-refractivity contribution in [3.8, 4) is 0 Å². The molecule has 1 saturated heterocycles. The van der Waals surface area contributed by atoms with Crippen molar-refractivity contribution in [2.45, 2.75) is 5.09 Å². The molecule has 1 aromatic heterocycles. The van der Waals surface area contributed by atoms with Crippen molar-refractivity contribution in [2.24, 2.45) is 5.14 Å². The van der Waals surface area contributed by atoms with Gasteiger partial charge in [0.15, 0.2) is 5.76 Å². The molecule has 3 rings (SSSR count). The predicted molar refractivity (Wildman–Crippen MR) is 89.6 cm³/mol. The van der Waals surface area contributed by atoms with Crippen molar-refractivity contribution >= 4 is 33.2 Å². The molecule has 0 atom stereocenters. The van der Waals surface area contributed by atoms with Gasteiger partial charge in [-0.05, 0) is 30.3 Å². The molecule has 1 aliphatic heterocycles. The molecule has 2 aromatic rings. The minimum Gasteiger partial charge on any atom is -0.438 e. The van der Waals surface area contributed by atoms with Crippen LogP contribution in [0.25, 0.3) is 0 Å². The monoisotopic (exact) mass is 369 g/mol. The highest BCUT2D eigenvalue weighted by Gasteiger charge is 2.25. The average Bonchev–Trinajstić information content (AvgIpc) is 3.04. The average molecular weight is 370 g/mol. The first-order chi connectivity index (χ1) is 11.3. The molecule has 9 heteroatoms. The van der Waals surface area contributed by atoms with Gasteiger partial charge >= 0.3 is 0 Å². The summed E-state index contributed by atoms with van der Waals surface area (Å²) in [6.45, 7) is 2.29. The van der Waals surface area contributed by atoms with Gasteiger partial charge in [0.25, 0.3) is 15.9 Å². The van der Waals surface area contributed by atoms with Gasteiger partial charge in [0, 0.05) is 36.9 Å². The first-order valence-electron chi connectivity index (χ1n) is 7.27. The zero-order chi connectivity index (χ0) is 17.3. The maximum atomic E-state index is 12.4. The number of furan rings is 1. The smallest absolute Gasteiger partial charge is 0.289 e. The molecule has 1 aliphatic rings. The van der Waals surface area contributed by atoms with Crippen molar-refractivity contribution in [3.05, 3.63) is 47.2 Å². The fourth-order valence-corrected chi connectivity index (χ4v) is 3.23. The highest BCUT2D eigenvalue weighted by molar-refractivity contribution is 7.89. The minimum absolute atomic E-state index is 0.0322. The lowest BCUT2D eigenvalue weighted by Crippen LogP contribution is -2.48. The summed E-state index contributed by atoms with van der Waals surface area (Å²) in [5, 5.41) is 5.23. The Morgan fingerprint density at radius 2 is 1.83 bits per heavy atom. The Hall–Kier alpha value is -2.03. The van der Waals surface area contributed by atoms with Gasteiger partial charge in [0.1, 0.15) is 0 Å². The highest BCUT2D eigenvalue weighted by Crippen LogP contribution is 2.22. The van der Waals surface area contributed by atoms with Crippen molar-refractivity contribution < 1.29 is 17.6 Å². The molecule has 0 aliphatic carbocycles. The second-order valence-electron chi connectivity index (χ2n) is 5.42. The van der Waals surface area contributed by atoms with E-state index >= 15 is 0 Å². The van der Waals surface area contributed by atoms with Gasteiger partial charge in [-0.2, -0.15) is 0 Å². The van der Waals surface area contributed by atoms with Crippen LogP contribution in [0.1, 0.15) is 10.6 Å². The van der Waals surface area contributed by atoms with Crippen LogP contribution < -0.4 is 10.0 Å². The summed E-state index contributed by atoms with van der Waals surface area (Å²) in [7, 11) is -3.95. The van der Waals surface area contributed by atoms with Crippen LogP contribution in [-0.2, 0) is 10.0 Å². The lowest BCUT2D eigenvalue weighted by atomic mass is 10.2. The zero-order valence-electron chi connectivity index (χ0n) is 12.7. The SMILES string of the molecule is NS(=O)(=O)c1ccc(C(=O)N2CCN(c3cccc(Cl)c3)CC2)o1. The van der Waals surface area contributed by atoms with Crippen molar-refractivity contribution in [1.29, 1.82) is 0 Å². The van der Waals surface area contributed by atoms with Gasteiger partial charge < -0.3 is 14.2 Å². The first-order valence-corrected chi connectivity index (χ1v) is 9.19. The van der Waals surface area contributed by atoms with Crippen LogP contribution in [0.5, 0.6) is 0 Å². The van der Waals surface area contributed by atoms with Crippen molar-refractivity contribution in [2.75, 3.05) is 31.1 Å². The molecule has 1 amide bonds. The fourth-order valence-electron chi connectivity index (χ4n) is 2.58. The molecule has 2 heterocycles. The molecule has 7 nitrogen and oxygen atoms in total. The summed E-state index contributed by atoms with van der Waals surface area (Å²) < 4.78 is 27.5. The van der Waals surface area contributed by atoms with Gasteiger partial charge in [-0.1, -0.05) is 17.7 Å². The molecule has 0 radical (unpaired) electrons. The molecule has 0 spiro atoms. The Bertz CT molecular complexity index is 857. The van der Waals surface area contributed by atoms with Crippen molar-refractivity contribution in [3.63, 3.8) is 0 Å². The largest absolute Gasteiger partial charge is 0.438 e. The topological polar surface area (TPSA) is 96.8 Å².